The van der Waals surface area contributed by atoms with Crippen LogP contribution < -0.4 is 0 Å². The van der Waals surface area contributed by atoms with E-state index in [1.807, 2.05) is 0 Å². The van der Waals surface area contributed by atoms with Crippen LogP contribution in [0.3, 0.4) is 0 Å². The lowest BCUT2D eigenvalue weighted by Gasteiger charge is -2.09. The summed E-state index contributed by atoms with van der Waals surface area (Å²) in [6.45, 7) is 3.55. The van der Waals surface area contributed by atoms with Crippen LogP contribution in [0.25, 0.3) is 0 Å². The Bertz CT molecular complexity index is 162. The van der Waals surface area contributed by atoms with E-state index in [0.717, 1.165) is 5.76 Å². The number of aliphatic hydroxyl groups excluding tert-OH is 2. The monoisotopic (exact) mass is 144 g/mol. The van der Waals surface area contributed by atoms with Crippen molar-refractivity contribution >= 4 is 0 Å². The summed E-state index contributed by atoms with van der Waals surface area (Å²) in [7, 11) is 0. The quantitative estimate of drug-likeness (QED) is 0.596. The maximum atomic E-state index is 9.28. The Labute approximate surface area is 59.9 Å². The highest BCUT2D eigenvalue weighted by Crippen LogP contribution is 2.31. The molecule has 10 heavy (non-hydrogen) atoms. The summed E-state index contributed by atoms with van der Waals surface area (Å²) in [6.07, 6.45) is -0.620. The average Bonchev–Trinajstić information content (AvgIpc) is 2.63. The first-order chi connectivity index (χ1) is 4.66. The highest BCUT2D eigenvalue weighted by Gasteiger charge is 2.31. The zero-order valence-electron chi connectivity index (χ0n) is 6.16. The van der Waals surface area contributed by atoms with Crippen molar-refractivity contribution < 1.29 is 14.9 Å². The van der Waals surface area contributed by atoms with E-state index >= 15 is 0 Å². The van der Waals surface area contributed by atoms with Crippen LogP contribution in [-0.4, -0.2) is 22.9 Å². The molecule has 1 rings (SSSR count). The second kappa shape index (κ2) is 2.60. The number of aliphatic hydroxyl groups is 2. The lowest BCUT2D eigenvalue weighted by atomic mass is 10.1. The van der Waals surface area contributed by atoms with Crippen molar-refractivity contribution in [3.8, 4) is 0 Å². The lowest BCUT2D eigenvalue weighted by molar-refractivity contribution is 0.0898. The van der Waals surface area contributed by atoms with Crippen LogP contribution >= 0.6 is 0 Å². The van der Waals surface area contributed by atoms with Crippen LogP contribution in [0.5, 0.6) is 0 Å². The minimum atomic E-state index is -0.620. The summed E-state index contributed by atoms with van der Waals surface area (Å²) in [4.78, 5) is 0. The van der Waals surface area contributed by atoms with Gasteiger partial charge in [0.2, 0.25) is 0 Å². The molecule has 0 fully saturated rings. The van der Waals surface area contributed by atoms with Gasteiger partial charge in [-0.05, 0) is 6.92 Å². The summed E-state index contributed by atoms with van der Waals surface area (Å²) in [5.41, 5.74) is 0. The molecule has 3 nitrogen and oxygen atoms in total. The molecule has 1 heterocycles. The number of hydrogen-bond donors (Lipinski definition) is 2. The molecule has 0 saturated heterocycles. The predicted octanol–water partition coefficient (Wildman–Crippen LogP) is 0.237. The molecule has 2 unspecified atom stereocenters. The van der Waals surface area contributed by atoms with E-state index in [0.29, 0.717) is 5.76 Å². The molecule has 0 saturated carbocycles. The van der Waals surface area contributed by atoms with Gasteiger partial charge in [-0.2, -0.15) is 0 Å². The first kappa shape index (κ1) is 7.57. The van der Waals surface area contributed by atoms with Crippen molar-refractivity contribution in [3.05, 3.63) is 11.5 Å². The van der Waals surface area contributed by atoms with E-state index in [-0.39, 0.29) is 12.5 Å². The molecular formula is C7H12O3. The van der Waals surface area contributed by atoms with E-state index in [9.17, 15) is 5.11 Å². The fourth-order valence-electron chi connectivity index (χ4n) is 0.766. The van der Waals surface area contributed by atoms with Crippen LogP contribution in [0, 0.1) is 5.92 Å². The zero-order valence-corrected chi connectivity index (χ0v) is 6.16. The molecule has 58 valence electrons. The van der Waals surface area contributed by atoms with Gasteiger partial charge in [0.05, 0.1) is 0 Å². The largest absolute Gasteiger partial charge is 0.456 e. The van der Waals surface area contributed by atoms with Gasteiger partial charge in [0.15, 0.2) is 5.76 Å². The number of rotatable bonds is 3. The van der Waals surface area contributed by atoms with Gasteiger partial charge in [-0.15, -0.1) is 0 Å². The van der Waals surface area contributed by atoms with Gasteiger partial charge < -0.3 is 14.9 Å². The van der Waals surface area contributed by atoms with Gasteiger partial charge in [-0.25, -0.2) is 0 Å². The lowest BCUT2D eigenvalue weighted by Crippen LogP contribution is -2.19. The maximum Gasteiger partial charge on any atom is 0.170 e. The molecule has 0 aromatic heterocycles. The van der Waals surface area contributed by atoms with E-state index in [1.165, 1.54) is 0 Å². The molecule has 0 bridgehead atoms. The summed E-state index contributed by atoms with van der Waals surface area (Å²) >= 11 is 0. The number of hydrogen-bond acceptors (Lipinski definition) is 3. The molecule has 0 aromatic rings. The molecule has 0 aliphatic carbocycles. The Morgan fingerprint density at radius 3 is 2.40 bits per heavy atom. The zero-order chi connectivity index (χ0) is 7.72. The first-order valence-corrected chi connectivity index (χ1v) is 3.34. The van der Waals surface area contributed by atoms with Crippen molar-refractivity contribution in [3.63, 3.8) is 0 Å². The van der Waals surface area contributed by atoms with Crippen molar-refractivity contribution in [1.29, 1.82) is 0 Å². The van der Waals surface area contributed by atoms with Gasteiger partial charge in [-0.3, -0.25) is 0 Å². The topological polar surface area (TPSA) is 53.0 Å². The molecule has 0 amide bonds. The fraction of sp³-hybridized carbons (Fsp3) is 0.714. The average molecular weight is 144 g/mol. The van der Waals surface area contributed by atoms with Gasteiger partial charge in [-0.1, -0.05) is 6.92 Å². The predicted molar refractivity (Wildman–Crippen MR) is 36.0 cm³/mol. The van der Waals surface area contributed by atoms with Crippen molar-refractivity contribution in [2.75, 3.05) is 6.61 Å². The minimum absolute atomic E-state index is 0.0126. The van der Waals surface area contributed by atoms with Gasteiger partial charge in [0.25, 0.3) is 0 Å². The SMILES string of the molecule is CC1=C(C(O)C(C)CO)O1. The number of ether oxygens (including phenoxy) is 1. The Hall–Kier alpha value is -0.540. The molecule has 0 radical (unpaired) electrons. The van der Waals surface area contributed by atoms with Crippen LogP contribution in [0.2, 0.25) is 0 Å². The molecule has 1 aliphatic rings. The molecule has 0 aromatic carbocycles. The second-order valence-corrected chi connectivity index (χ2v) is 2.63. The van der Waals surface area contributed by atoms with Crippen molar-refractivity contribution in [1.82, 2.24) is 0 Å². The highest BCUT2D eigenvalue weighted by atomic mass is 16.6. The van der Waals surface area contributed by atoms with Gasteiger partial charge >= 0.3 is 0 Å². The molecule has 0 spiro atoms. The smallest absolute Gasteiger partial charge is 0.170 e. The minimum Gasteiger partial charge on any atom is -0.456 e. The van der Waals surface area contributed by atoms with Gasteiger partial charge in [0.1, 0.15) is 11.9 Å². The Morgan fingerprint density at radius 1 is 1.60 bits per heavy atom. The highest BCUT2D eigenvalue weighted by molar-refractivity contribution is 5.19. The fourth-order valence-corrected chi connectivity index (χ4v) is 0.766. The standard InChI is InChI=1S/C7H12O3/c1-4(3-8)6(9)7-5(2)10-7/h4,6,8-9H,3H2,1-2H3. The Balaban J connectivity index is 2.42. The second-order valence-electron chi connectivity index (χ2n) is 2.63. The van der Waals surface area contributed by atoms with Crippen LogP contribution in [0.15, 0.2) is 11.5 Å². The first-order valence-electron chi connectivity index (χ1n) is 3.34. The number of allylic oxidation sites excluding steroid dienone is 1. The third-order valence-corrected chi connectivity index (χ3v) is 1.66. The molecular weight excluding hydrogens is 132 g/mol. The van der Waals surface area contributed by atoms with E-state index in [2.05, 4.69) is 0 Å². The van der Waals surface area contributed by atoms with Crippen LogP contribution in [-0.2, 0) is 4.74 Å². The van der Waals surface area contributed by atoms with E-state index in [4.69, 9.17) is 9.84 Å². The summed E-state index contributed by atoms with van der Waals surface area (Å²) < 4.78 is 4.87. The Morgan fingerprint density at radius 2 is 2.10 bits per heavy atom. The van der Waals surface area contributed by atoms with E-state index < -0.39 is 6.10 Å². The summed E-state index contributed by atoms with van der Waals surface area (Å²) in [5.74, 6) is 1.28. The summed E-state index contributed by atoms with van der Waals surface area (Å²) in [5, 5.41) is 17.9. The van der Waals surface area contributed by atoms with Crippen molar-refractivity contribution in [2.45, 2.75) is 20.0 Å². The third-order valence-electron chi connectivity index (χ3n) is 1.66. The van der Waals surface area contributed by atoms with Crippen LogP contribution in [0.4, 0.5) is 0 Å². The maximum absolute atomic E-state index is 9.28. The molecule has 2 N–H and O–H groups in total. The normalized spacial score (nSPS) is 22.0. The molecule has 2 atom stereocenters. The van der Waals surface area contributed by atoms with Crippen molar-refractivity contribution in [2.24, 2.45) is 5.92 Å². The molecule has 1 aliphatic heterocycles. The summed E-state index contributed by atoms with van der Waals surface area (Å²) in [6, 6.07) is 0. The van der Waals surface area contributed by atoms with Gasteiger partial charge in [0, 0.05) is 12.5 Å². The van der Waals surface area contributed by atoms with E-state index in [1.54, 1.807) is 13.8 Å². The Kier molecular flexibility index (Phi) is 1.97. The van der Waals surface area contributed by atoms with Crippen LogP contribution in [0.1, 0.15) is 13.8 Å². The molecule has 3 heteroatoms. The third kappa shape index (κ3) is 1.30.